The molecule has 0 bridgehead atoms. The Morgan fingerprint density at radius 1 is 1.14 bits per heavy atom. The third-order valence-corrected chi connectivity index (χ3v) is 8.47. The Hall–Kier alpha value is -3.24. The van der Waals surface area contributed by atoms with E-state index in [1.54, 1.807) is 48.5 Å². The molecule has 1 aliphatic carbocycles. The van der Waals surface area contributed by atoms with Crippen LogP contribution in [0.15, 0.2) is 59.6 Å². The molecule has 8 nitrogen and oxygen atoms in total. The molecule has 0 unspecified atom stereocenters. The van der Waals surface area contributed by atoms with Crippen molar-refractivity contribution in [1.82, 2.24) is 4.98 Å². The second-order valence-corrected chi connectivity index (χ2v) is 12.2. The molecule has 1 aliphatic rings. The number of hydrogen-bond donors (Lipinski definition) is 1. The van der Waals surface area contributed by atoms with E-state index in [1.165, 1.54) is 56.6 Å². The van der Waals surface area contributed by atoms with E-state index in [-0.39, 0.29) is 10.8 Å². The standard InChI is InChI=1S/C27H30N2O6S2/c1-34-26(31)20-8-5-9-21(16-20)35-24-17-28-27(36-24)29-25(30)23(15-10-18-6-3-4-7-18)19-11-13-22(14-12-19)37(2,32)33/h5,8-9,11-14,16-18,23H,3-4,6-7,10,15H2,1-2H3,(H,28,29,30)/t23-/m1/s1. The van der Waals surface area contributed by atoms with E-state index in [0.29, 0.717) is 33.8 Å². The Balaban J connectivity index is 1.47. The first-order valence-electron chi connectivity index (χ1n) is 12.2. The monoisotopic (exact) mass is 542 g/mol. The molecule has 37 heavy (non-hydrogen) atoms. The van der Waals surface area contributed by atoms with E-state index in [2.05, 4.69) is 10.3 Å². The molecular formula is C27H30N2O6S2. The normalized spacial score (nSPS) is 14.8. The molecule has 1 amide bonds. The SMILES string of the molecule is COC(=O)c1cccc(Oc2cnc(NC(=O)[C@H](CCC3CCCC3)c3ccc(S(C)(=O)=O)cc3)s2)c1. The molecule has 2 aromatic carbocycles. The van der Waals surface area contributed by atoms with Gasteiger partial charge in [0.1, 0.15) is 5.75 Å². The Morgan fingerprint density at radius 3 is 2.54 bits per heavy atom. The van der Waals surface area contributed by atoms with Crippen molar-refractivity contribution in [3.8, 4) is 10.8 Å². The van der Waals surface area contributed by atoms with Crippen LogP contribution in [0.4, 0.5) is 5.13 Å². The highest BCUT2D eigenvalue weighted by atomic mass is 32.2. The Bertz CT molecular complexity index is 1350. The number of ether oxygens (including phenoxy) is 2. The number of rotatable bonds is 10. The number of amides is 1. The number of anilines is 1. The van der Waals surface area contributed by atoms with Gasteiger partial charge in [0.15, 0.2) is 15.0 Å². The lowest BCUT2D eigenvalue weighted by atomic mass is 9.89. The number of carbonyl (C=O) groups excluding carboxylic acids is 2. The molecule has 0 aliphatic heterocycles. The summed E-state index contributed by atoms with van der Waals surface area (Å²) in [4.78, 5) is 29.6. The van der Waals surface area contributed by atoms with E-state index in [9.17, 15) is 18.0 Å². The van der Waals surface area contributed by atoms with Crippen molar-refractivity contribution >= 4 is 38.2 Å². The van der Waals surface area contributed by atoms with Crippen LogP contribution in [0.25, 0.3) is 0 Å². The third kappa shape index (κ3) is 7.17. The van der Waals surface area contributed by atoms with Crippen LogP contribution < -0.4 is 10.1 Å². The number of esters is 1. The minimum atomic E-state index is -3.32. The zero-order valence-electron chi connectivity index (χ0n) is 20.8. The van der Waals surface area contributed by atoms with Crippen LogP contribution in [0.5, 0.6) is 10.8 Å². The summed E-state index contributed by atoms with van der Waals surface area (Å²) in [6, 6.07) is 13.2. The van der Waals surface area contributed by atoms with Crippen molar-refractivity contribution in [3.05, 3.63) is 65.9 Å². The van der Waals surface area contributed by atoms with Gasteiger partial charge in [-0.2, -0.15) is 0 Å². The molecule has 4 rings (SSSR count). The summed E-state index contributed by atoms with van der Waals surface area (Å²) in [6.07, 6.45) is 9.12. The largest absolute Gasteiger partial charge is 0.465 e. The van der Waals surface area contributed by atoms with Crippen molar-refractivity contribution in [3.63, 3.8) is 0 Å². The number of methoxy groups -OCH3 is 1. The number of hydrogen-bond acceptors (Lipinski definition) is 8. The van der Waals surface area contributed by atoms with Crippen LogP contribution in [-0.2, 0) is 19.4 Å². The van der Waals surface area contributed by atoms with Gasteiger partial charge in [-0.25, -0.2) is 18.2 Å². The van der Waals surface area contributed by atoms with Crippen LogP contribution in [-0.4, -0.2) is 38.6 Å². The lowest BCUT2D eigenvalue weighted by Gasteiger charge is -2.19. The quantitative estimate of drug-likeness (QED) is 0.321. The zero-order chi connectivity index (χ0) is 26.4. The fourth-order valence-corrected chi connectivity index (χ4v) is 5.90. The fourth-order valence-electron chi connectivity index (χ4n) is 4.58. The molecule has 196 valence electrons. The van der Waals surface area contributed by atoms with Gasteiger partial charge >= 0.3 is 5.97 Å². The highest BCUT2D eigenvalue weighted by molar-refractivity contribution is 7.90. The number of sulfone groups is 1. The topological polar surface area (TPSA) is 112 Å². The number of aromatic nitrogens is 1. The molecule has 1 heterocycles. The molecule has 0 saturated heterocycles. The molecule has 0 spiro atoms. The van der Waals surface area contributed by atoms with E-state index in [0.717, 1.165) is 12.0 Å². The second-order valence-electron chi connectivity index (χ2n) is 9.22. The predicted octanol–water partition coefficient (Wildman–Crippen LogP) is 5.82. The van der Waals surface area contributed by atoms with Crippen LogP contribution in [0.3, 0.4) is 0 Å². The highest BCUT2D eigenvalue weighted by Gasteiger charge is 2.25. The average Bonchev–Trinajstić information content (AvgIpc) is 3.56. The minimum absolute atomic E-state index is 0.196. The summed E-state index contributed by atoms with van der Waals surface area (Å²) < 4.78 is 34.3. The predicted molar refractivity (Wildman–Crippen MR) is 142 cm³/mol. The Labute approximate surface area is 221 Å². The third-order valence-electron chi connectivity index (χ3n) is 6.55. The lowest BCUT2D eigenvalue weighted by Crippen LogP contribution is -2.22. The molecular weight excluding hydrogens is 512 g/mol. The summed E-state index contributed by atoms with van der Waals surface area (Å²) in [6.45, 7) is 0. The van der Waals surface area contributed by atoms with Gasteiger partial charge in [-0.1, -0.05) is 55.2 Å². The molecule has 3 aromatic rings. The van der Waals surface area contributed by atoms with E-state index in [1.807, 2.05) is 0 Å². The van der Waals surface area contributed by atoms with E-state index >= 15 is 0 Å². The van der Waals surface area contributed by atoms with E-state index < -0.39 is 21.7 Å². The number of benzene rings is 2. The van der Waals surface area contributed by atoms with Gasteiger partial charge in [-0.15, -0.1) is 0 Å². The van der Waals surface area contributed by atoms with Crippen LogP contribution >= 0.6 is 11.3 Å². The van der Waals surface area contributed by atoms with Crippen LogP contribution in [0.2, 0.25) is 0 Å². The number of nitrogens with zero attached hydrogens (tertiary/aromatic N) is 1. The summed E-state index contributed by atoms with van der Waals surface area (Å²) in [5.74, 6) is -0.0233. The van der Waals surface area contributed by atoms with Gasteiger partial charge in [0.25, 0.3) is 0 Å². The minimum Gasteiger partial charge on any atom is -0.465 e. The molecule has 0 radical (unpaired) electrons. The number of carbonyl (C=O) groups is 2. The molecule has 1 fully saturated rings. The summed E-state index contributed by atoms with van der Waals surface area (Å²) in [5, 5.41) is 3.75. The Morgan fingerprint density at radius 2 is 1.86 bits per heavy atom. The maximum absolute atomic E-state index is 13.4. The molecule has 1 atom stereocenters. The number of thiazole rings is 1. The Kier molecular flexibility index (Phi) is 8.60. The van der Waals surface area contributed by atoms with Gasteiger partial charge in [-0.3, -0.25) is 4.79 Å². The first-order valence-corrected chi connectivity index (χ1v) is 14.9. The second kappa shape index (κ2) is 11.9. The van der Waals surface area contributed by atoms with Gasteiger partial charge < -0.3 is 14.8 Å². The van der Waals surface area contributed by atoms with Crippen LogP contribution in [0, 0.1) is 5.92 Å². The van der Waals surface area contributed by atoms with Crippen molar-refractivity contribution in [2.75, 3.05) is 18.7 Å². The molecule has 1 saturated carbocycles. The van der Waals surface area contributed by atoms with Crippen molar-refractivity contribution in [2.24, 2.45) is 5.92 Å². The molecule has 10 heteroatoms. The molecule has 1 N–H and O–H groups in total. The number of nitrogens with one attached hydrogen (secondary N) is 1. The van der Waals surface area contributed by atoms with Gasteiger partial charge in [0.2, 0.25) is 11.0 Å². The average molecular weight is 543 g/mol. The van der Waals surface area contributed by atoms with Gasteiger partial charge in [0.05, 0.1) is 29.7 Å². The fraction of sp³-hybridized carbons (Fsp3) is 0.370. The van der Waals surface area contributed by atoms with Gasteiger partial charge in [0, 0.05) is 6.26 Å². The highest BCUT2D eigenvalue weighted by Crippen LogP contribution is 2.35. The van der Waals surface area contributed by atoms with E-state index in [4.69, 9.17) is 9.47 Å². The maximum Gasteiger partial charge on any atom is 0.337 e. The molecule has 1 aromatic heterocycles. The van der Waals surface area contributed by atoms with Crippen molar-refractivity contribution in [1.29, 1.82) is 0 Å². The smallest absolute Gasteiger partial charge is 0.337 e. The summed E-state index contributed by atoms with van der Waals surface area (Å²) in [7, 11) is -2.01. The van der Waals surface area contributed by atoms with Crippen LogP contribution in [0.1, 0.15) is 60.4 Å². The summed E-state index contributed by atoms with van der Waals surface area (Å²) >= 11 is 1.18. The van der Waals surface area contributed by atoms with Crippen molar-refractivity contribution < 1.29 is 27.5 Å². The zero-order valence-corrected chi connectivity index (χ0v) is 22.4. The van der Waals surface area contributed by atoms with Crippen molar-refractivity contribution in [2.45, 2.75) is 49.3 Å². The lowest BCUT2D eigenvalue weighted by molar-refractivity contribution is -0.117. The summed E-state index contributed by atoms with van der Waals surface area (Å²) in [5.41, 5.74) is 1.14. The maximum atomic E-state index is 13.4. The van der Waals surface area contributed by atoms with Gasteiger partial charge in [-0.05, 0) is 54.7 Å². The first kappa shape index (κ1) is 26.8. The first-order chi connectivity index (χ1) is 17.7.